The molecule has 104 valence electrons. The summed E-state index contributed by atoms with van der Waals surface area (Å²) < 4.78 is 10.2. The Hall–Kier alpha value is -1.75. The van der Waals surface area contributed by atoms with Gasteiger partial charge < -0.3 is 14.8 Å². The van der Waals surface area contributed by atoms with E-state index in [2.05, 4.69) is 29.2 Å². The fourth-order valence-electron chi connectivity index (χ4n) is 2.22. The molecule has 2 rings (SSSR count). The molecule has 1 aromatic carbocycles. The molecule has 1 aliphatic rings. The summed E-state index contributed by atoms with van der Waals surface area (Å²) in [5.74, 6) is 0. The van der Waals surface area contributed by atoms with Gasteiger partial charge in [0.15, 0.2) is 0 Å². The Bertz CT molecular complexity index is 460. The lowest BCUT2D eigenvalue weighted by Crippen LogP contribution is -2.22. The van der Waals surface area contributed by atoms with Crippen LogP contribution in [0.1, 0.15) is 20.3 Å². The first-order valence-electron chi connectivity index (χ1n) is 6.34. The van der Waals surface area contributed by atoms with Gasteiger partial charge in [0, 0.05) is 11.4 Å². The van der Waals surface area contributed by atoms with Gasteiger partial charge in [0.25, 0.3) is 0 Å². The van der Waals surface area contributed by atoms with Crippen LogP contribution in [-0.4, -0.2) is 31.5 Å². The lowest BCUT2D eigenvalue weighted by Gasteiger charge is -2.17. The molecule has 0 aliphatic carbocycles. The van der Waals surface area contributed by atoms with Crippen LogP contribution in [0.15, 0.2) is 24.3 Å². The van der Waals surface area contributed by atoms with Gasteiger partial charge in [-0.1, -0.05) is 6.07 Å². The second-order valence-corrected chi connectivity index (χ2v) is 5.31. The van der Waals surface area contributed by atoms with Crippen LogP contribution in [0.25, 0.3) is 0 Å². The van der Waals surface area contributed by atoms with E-state index in [0.29, 0.717) is 18.3 Å². The van der Waals surface area contributed by atoms with E-state index in [1.54, 1.807) is 0 Å². The highest BCUT2D eigenvalue weighted by molar-refractivity contribution is 5.85. The predicted molar refractivity (Wildman–Crippen MR) is 74.5 cm³/mol. The van der Waals surface area contributed by atoms with E-state index >= 15 is 0 Å². The minimum absolute atomic E-state index is 0.0699. The minimum atomic E-state index is -0.470. The average molecular weight is 264 g/mol. The molecule has 0 aromatic heterocycles. The smallest absolute Gasteiger partial charge is 0.411 e. The molecule has 1 fully saturated rings. The maximum atomic E-state index is 11.1. The van der Waals surface area contributed by atoms with Crippen molar-refractivity contribution in [1.82, 2.24) is 0 Å². The van der Waals surface area contributed by atoms with Gasteiger partial charge in [0.1, 0.15) is 0 Å². The maximum Gasteiger partial charge on any atom is 0.411 e. The van der Waals surface area contributed by atoms with Gasteiger partial charge in [-0.05, 0) is 38.5 Å². The summed E-state index contributed by atoms with van der Waals surface area (Å²) in [5.41, 5.74) is 1.59. The van der Waals surface area contributed by atoms with Crippen molar-refractivity contribution in [3.63, 3.8) is 0 Å². The van der Waals surface area contributed by atoms with Crippen LogP contribution >= 0.6 is 0 Å². The largest absolute Gasteiger partial charge is 0.453 e. The Labute approximate surface area is 113 Å². The first kappa shape index (κ1) is 13.7. The van der Waals surface area contributed by atoms with Crippen LogP contribution < -0.4 is 10.6 Å². The van der Waals surface area contributed by atoms with E-state index in [9.17, 15) is 4.79 Å². The van der Waals surface area contributed by atoms with Gasteiger partial charge in [-0.2, -0.15) is 0 Å². The first-order chi connectivity index (χ1) is 8.98. The van der Waals surface area contributed by atoms with Crippen molar-refractivity contribution < 1.29 is 14.3 Å². The summed E-state index contributed by atoms with van der Waals surface area (Å²) in [6, 6.07) is 7.84. The number of carbonyl (C=O) groups excluding carboxylic acids is 1. The van der Waals surface area contributed by atoms with E-state index in [-0.39, 0.29) is 5.60 Å². The molecule has 0 bridgehead atoms. The number of ether oxygens (including phenoxy) is 2. The minimum Gasteiger partial charge on any atom is -0.453 e. The molecular formula is C14H20N2O3. The number of amides is 1. The summed E-state index contributed by atoms with van der Waals surface area (Å²) in [4.78, 5) is 11.1. The molecular weight excluding hydrogens is 244 g/mol. The van der Waals surface area contributed by atoms with Gasteiger partial charge in [0.2, 0.25) is 0 Å². The maximum absolute atomic E-state index is 11.1. The summed E-state index contributed by atoms with van der Waals surface area (Å²) in [6.45, 7) is 4.87. The Morgan fingerprint density at radius 2 is 2.16 bits per heavy atom. The highest BCUT2D eigenvalue weighted by Crippen LogP contribution is 2.27. The second kappa shape index (κ2) is 5.48. The van der Waals surface area contributed by atoms with Gasteiger partial charge in [-0.3, -0.25) is 5.32 Å². The van der Waals surface area contributed by atoms with E-state index in [0.717, 1.165) is 12.1 Å². The molecule has 1 atom stereocenters. The number of hydrogen-bond acceptors (Lipinski definition) is 4. The Kier molecular flexibility index (Phi) is 3.95. The van der Waals surface area contributed by atoms with Crippen molar-refractivity contribution in [2.24, 2.45) is 0 Å². The first-order valence-corrected chi connectivity index (χ1v) is 6.34. The highest BCUT2D eigenvalue weighted by Gasteiger charge is 2.31. The van der Waals surface area contributed by atoms with Crippen molar-refractivity contribution >= 4 is 17.5 Å². The molecule has 19 heavy (non-hydrogen) atoms. The Morgan fingerprint density at radius 3 is 2.79 bits per heavy atom. The van der Waals surface area contributed by atoms with E-state index in [1.807, 2.05) is 24.3 Å². The van der Waals surface area contributed by atoms with Crippen LogP contribution in [0.3, 0.4) is 0 Å². The van der Waals surface area contributed by atoms with Crippen molar-refractivity contribution in [2.45, 2.75) is 31.9 Å². The number of hydrogen-bond donors (Lipinski definition) is 2. The normalized spacial score (nSPS) is 20.9. The zero-order valence-electron chi connectivity index (χ0n) is 11.5. The zero-order chi connectivity index (χ0) is 13.9. The van der Waals surface area contributed by atoms with Crippen molar-refractivity contribution in [3.05, 3.63) is 24.3 Å². The predicted octanol–water partition coefficient (Wildman–Crippen LogP) is 2.84. The second-order valence-electron chi connectivity index (χ2n) is 5.31. The number of anilines is 2. The lowest BCUT2D eigenvalue weighted by atomic mass is 10.0. The highest BCUT2D eigenvalue weighted by atomic mass is 16.5. The van der Waals surface area contributed by atoms with Crippen molar-refractivity contribution in [2.75, 3.05) is 24.4 Å². The standard InChI is InChI=1S/C14H20N2O3/c1-14(2)8-12(9-19-14)15-10-5-4-6-11(7-10)16-13(17)18-3/h4-7,12,15H,8-9H2,1-3H3,(H,16,17)/t12-/m0/s1. The number of carbonyl (C=O) groups is 1. The molecule has 1 heterocycles. The van der Waals surface area contributed by atoms with Crippen molar-refractivity contribution in [1.29, 1.82) is 0 Å². The van der Waals surface area contributed by atoms with Gasteiger partial charge in [-0.15, -0.1) is 0 Å². The van der Waals surface area contributed by atoms with E-state index < -0.39 is 6.09 Å². The fraction of sp³-hybridized carbons (Fsp3) is 0.500. The summed E-state index contributed by atoms with van der Waals surface area (Å²) >= 11 is 0. The van der Waals surface area contributed by atoms with Gasteiger partial charge in [0.05, 0.1) is 25.4 Å². The fourth-order valence-corrected chi connectivity index (χ4v) is 2.22. The molecule has 5 heteroatoms. The molecule has 0 spiro atoms. The zero-order valence-corrected chi connectivity index (χ0v) is 11.5. The summed E-state index contributed by atoms with van der Waals surface area (Å²) in [6.07, 6.45) is 0.490. The Morgan fingerprint density at radius 1 is 1.42 bits per heavy atom. The monoisotopic (exact) mass is 264 g/mol. The third kappa shape index (κ3) is 3.86. The molecule has 1 saturated heterocycles. The topological polar surface area (TPSA) is 59.6 Å². The molecule has 0 unspecified atom stereocenters. The summed E-state index contributed by atoms with van der Waals surface area (Å²) in [7, 11) is 1.34. The van der Waals surface area contributed by atoms with E-state index in [1.165, 1.54) is 7.11 Å². The van der Waals surface area contributed by atoms with E-state index in [4.69, 9.17) is 4.74 Å². The molecule has 1 amide bonds. The SMILES string of the molecule is COC(=O)Nc1cccc(N[C@@H]2COC(C)(C)C2)c1. The summed E-state index contributed by atoms with van der Waals surface area (Å²) in [5, 5.41) is 6.05. The molecule has 1 aromatic rings. The van der Waals surface area contributed by atoms with Gasteiger partial charge >= 0.3 is 6.09 Å². The lowest BCUT2D eigenvalue weighted by molar-refractivity contribution is 0.0363. The average Bonchev–Trinajstić information content (AvgIpc) is 2.69. The third-order valence-corrected chi connectivity index (χ3v) is 3.08. The third-order valence-electron chi connectivity index (χ3n) is 3.08. The number of nitrogens with one attached hydrogen (secondary N) is 2. The van der Waals surface area contributed by atoms with Crippen LogP contribution in [0.2, 0.25) is 0 Å². The quantitative estimate of drug-likeness (QED) is 0.881. The molecule has 1 aliphatic heterocycles. The van der Waals surface area contributed by atoms with Crippen LogP contribution in [0.4, 0.5) is 16.2 Å². The van der Waals surface area contributed by atoms with Gasteiger partial charge in [-0.25, -0.2) is 4.79 Å². The number of rotatable bonds is 3. The van der Waals surface area contributed by atoms with Crippen LogP contribution in [0, 0.1) is 0 Å². The number of benzene rings is 1. The molecule has 2 N–H and O–H groups in total. The molecule has 0 saturated carbocycles. The van der Waals surface area contributed by atoms with Crippen molar-refractivity contribution in [3.8, 4) is 0 Å². The number of methoxy groups -OCH3 is 1. The Balaban J connectivity index is 1.97. The van der Waals surface area contributed by atoms with Crippen LogP contribution in [-0.2, 0) is 9.47 Å². The van der Waals surface area contributed by atoms with Crippen LogP contribution in [0.5, 0.6) is 0 Å². The molecule has 5 nitrogen and oxygen atoms in total. The molecule has 0 radical (unpaired) electrons.